The number of rotatable bonds is 6. The molecule has 5 aromatic carbocycles. The van der Waals surface area contributed by atoms with Crippen LogP contribution in [-0.4, -0.2) is 7.85 Å². The first-order valence-electron chi connectivity index (χ1n) is 12.0. The first kappa shape index (κ1) is 22.6. The van der Waals surface area contributed by atoms with E-state index in [0.29, 0.717) is 0 Å². The molecule has 0 amide bonds. The van der Waals surface area contributed by atoms with Gasteiger partial charge in [0.2, 0.25) is 0 Å². The lowest BCUT2D eigenvalue weighted by atomic mass is 9.91. The highest BCUT2D eigenvalue weighted by molar-refractivity contribution is 6.36. The van der Waals surface area contributed by atoms with Crippen molar-refractivity contribution in [3.63, 3.8) is 0 Å². The molecule has 5 aromatic rings. The Bertz CT molecular complexity index is 1400. The number of nitrogens with zero attached hydrogens (tertiary/aromatic N) is 2. The molecule has 5 rings (SSSR count). The van der Waals surface area contributed by atoms with E-state index in [-0.39, 0.29) is 0 Å². The van der Waals surface area contributed by atoms with Crippen molar-refractivity contribution in [2.24, 2.45) is 0 Å². The van der Waals surface area contributed by atoms with Gasteiger partial charge in [0.05, 0.1) is 0 Å². The van der Waals surface area contributed by atoms with Crippen molar-refractivity contribution in [2.45, 2.75) is 13.8 Å². The van der Waals surface area contributed by atoms with Crippen LogP contribution in [0.4, 0.5) is 34.1 Å². The molecule has 0 atom stereocenters. The van der Waals surface area contributed by atoms with Gasteiger partial charge in [0, 0.05) is 34.1 Å². The first-order valence-corrected chi connectivity index (χ1v) is 12.0. The molecule has 0 bridgehead atoms. The van der Waals surface area contributed by atoms with Gasteiger partial charge in [0.1, 0.15) is 7.85 Å². The van der Waals surface area contributed by atoms with Crippen LogP contribution in [-0.2, 0) is 0 Å². The molecule has 0 aliphatic carbocycles. The average molecular weight is 452 g/mol. The second kappa shape index (κ2) is 9.94. The van der Waals surface area contributed by atoms with Crippen molar-refractivity contribution in [1.29, 1.82) is 0 Å². The highest BCUT2D eigenvalue weighted by Gasteiger charge is 2.17. The Balaban J connectivity index is 1.62. The van der Waals surface area contributed by atoms with Crippen molar-refractivity contribution in [2.75, 3.05) is 9.80 Å². The predicted molar refractivity (Wildman–Crippen MR) is 153 cm³/mol. The lowest BCUT2D eigenvalue weighted by Gasteiger charge is -2.30. The number of benzene rings is 5. The van der Waals surface area contributed by atoms with Crippen LogP contribution in [0.15, 0.2) is 127 Å². The zero-order chi connectivity index (χ0) is 24.2. The van der Waals surface area contributed by atoms with Gasteiger partial charge in [-0.15, -0.1) is 0 Å². The smallest absolute Gasteiger partial charge is 0.142 e. The van der Waals surface area contributed by atoms with Crippen LogP contribution >= 0.6 is 0 Å². The maximum absolute atomic E-state index is 2.33. The lowest BCUT2D eigenvalue weighted by molar-refractivity contribution is 1.26. The third kappa shape index (κ3) is 4.85. The zero-order valence-corrected chi connectivity index (χ0v) is 20.5. The third-order valence-corrected chi connectivity index (χ3v) is 6.29. The first-order chi connectivity index (χ1) is 17.1. The van der Waals surface area contributed by atoms with E-state index in [4.69, 9.17) is 0 Å². The van der Waals surface area contributed by atoms with Gasteiger partial charge in [-0.05, 0) is 80.6 Å². The topological polar surface area (TPSA) is 6.48 Å². The minimum atomic E-state index is 1.14. The lowest BCUT2D eigenvalue weighted by Crippen LogP contribution is -2.21. The standard InChI is InChI=1S/C32H29BN2/c1-24-13-17-28(18-14-24)34(26-9-5-3-6-10-26)30-21-22-32(31(33)23-30)35(27-11-7-4-8-12-27)29-19-15-25(2)16-20-29/h3-23H,33H2,1-2H3. The minimum Gasteiger partial charge on any atom is -0.311 e. The van der Waals surface area contributed by atoms with Gasteiger partial charge in [0.25, 0.3) is 0 Å². The molecule has 35 heavy (non-hydrogen) atoms. The molecule has 2 nitrogen and oxygen atoms in total. The van der Waals surface area contributed by atoms with E-state index >= 15 is 0 Å². The second-order valence-electron chi connectivity index (χ2n) is 8.98. The fourth-order valence-electron chi connectivity index (χ4n) is 4.45. The summed E-state index contributed by atoms with van der Waals surface area (Å²) in [5, 5.41) is 0. The molecule has 170 valence electrons. The van der Waals surface area contributed by atoms with Gasteiger partial charge < -0.3 is 9.80 Å². The highest BCUT2D eigenvalue weighted by Crippen LogP contribution is 2.37. The highest BCUT2D eigenvalue weighted by atomic mass is 15.2. The number of anilines is 6. The van der Waals surface area contributed by atoms with Crippen molar-refractivity contribution >= 4 is 47.4 Å². The van der Waals surface area contributed by atoms with Crippen LogP contribution in [0.25, 0.3) is 0 Å². The molecule has 0 aliphatic rings. The van der Waals surface area contributed by atoms with E-state index in [1.165, 1.54) is 22.3 Å². The van der Waals surface area contributed by atoms with Gasteiger partial charge in [0.15, 0.2) is 0 Å². The van der Waals surface area contributed by atoms with Gasteiger partial charge >= 0.3 is 0 Å². The Labute approximate surface area is 209 Å². The maximum atomic E-state index is 2.33. The van der Waals surface area contributed by atoms with Crippen LogP contribution in [0.3, 0.4) is 0 Å². The number of hydrogen-bond acceptors (Lipinski definition) is 2. The number of para-hydroxylation sites is 2. The predicted octanol–water partition coefficient (Wildman–Crippen LogP) is 7.50. The SMILES string of the molecule is Bc1cc(N(c2ccccc2)c2ccc(C)cc2)ccc1N(c1ccccc1)c1ccc(C)cc1. The summed E-state index contributed by atoms with van der Waals surface area (Å²) < 4.78 is 0. The quantitative estimate of drug-likeness (QED) is 0.246. The molecule has 0 saturated heterocycles. The fraction of sp³-hybridized carbons (Fsp3) is 0.0625. The van der Waals surface area contributed by atoms with E-state index in [0.717, 1.165) is 28.4 Å². The number of hydrogen-bond donors (Lipinski definition) is 0. The van der Waals surface area contributed by atoms with Gasteiger partial charge in [-0.2, -0.15) is 0 Å². The van der Waals surface area contributed by atoms with Gasteiger partial charge in [-0.3, -0.25) is 0 Å². The van der Waals surface area contributed by atoms with Crippen LogP contribution < -0.4 is 15.3 Å². The molecule has 0 heterocycles. The normalized spacial score (nSPS) is 10.7. The minimum absolute atomic E-state index is 1.14. The van der Waals surface area contributed by atoms with Crippen LogP contribution in [0.2, 0.25) is 0 Å². The van der Waals surface area contributed by atoms with E-state index in [1.54, 1.807) is 0 Å². The zero-order valence-electron chi connectivity index (χ0n) is 20.5. The molecule has 0 N–H and O–H groups in total. The van der Waals surface area contributed by atoms with E-state index in [9.17, 15) is 0 Å². The molecule has 0 spiro atoms. The summed E-state index contributed by atoms with van der Waals surface area (Å²) in [5.41, 5.74) is 10.6. The Morgan fingerprint density at radius 1 is 0.429 bits per heavy atom. The molecule has 0 aliphatic heterocycles. The third-order valence-electron chi connectivity index (χ3n) is 6.29. The van der Waals surface area contributed by atoms with Crippen LogP contribution in [0.1, 0.15) is 11.1 Å². The van der Waals surface area contributed by atoms with Crippen molar-refractivity contribution in [3.05, 3.63) is 139 Å². The molecular formula is C32H29BN2. The van der Waals surface area contributed by atoms with Crippen molar-refractivity contribution < 1.29 is 0 Å². The molecule has 0 unspecified atom stereocenters. The van der Waals surface area contributed by atoms with E-state index in [1.807, 2.05) is 0 Å². The summed E-state index contributed by atoms with van der Waals surface area (Å²) in [6.07, 6.45) is 0. The Morgan fingerprint density at radius 3 is 1.31 bits per heavy atom. The van der Waals surface area contributed by atoms with Crippen molar-refractivity contribution in [3.8, 4) is 0 Å². The molecule has 0 aromatic heterocycles. The summed E-state index contributed by atoms with van der Waals surface area (Å²) in [4.78, 5) is 4.65. The van der Waals surface area contributed by atoms with Gasteiger partial charge in [-0.1, -0.05) is 77.3 Å². The number of aryl methyl sites for hydroxylation is 2. The molecule has 0 radical (unpaired) electrons. The summed E-state index contributed by atoms with van der Waals surface area (Å²) in [5.74, 6) is 0. The van der Waals surface area contributed by atoms with Gasteiger partial charge in [-0.25, -0.2) is 0 Å². The Morgan fingerprint density at radius 2 is 0.829 bits per heavy atom. The van der Waals surface area contributed by atoms with Crippen molar-refractivity contribution in [1.82, 2.24) is 0 Å². The maximum Gasteiger partial charge on any atom is 0.142 e. The Kier molecular flexibility index (Phi) is 6.41. The Hall–Kier alpha value is -4.24. The fourth-order valence-corrected chi connectivity index (χ4v) is 4.45. The molecule has 0 fully saturated rings. The summed E-state index contributed by atoms with van der Waals surface area (Å²) in [6.45, 7) is 4.25. The second-order valence-corrected chi connectivity index (χ2v) is 8.98. The largest absolute Gasteiger partial charge is 0.311 e. The average Bonchev–Trinajstić information content (AvgIpc) is 2.89. The van der Waals surface area contributed by atoms with E-state index in [2.05, 4.69) is 159 Å². The summed E-state index contributed by atoms with van der Waals surface area (Å²) in [6, 6.07) is 45.3. The summed E-state index contributed by atoms with van der Waals surface area (Å²) in [7, 11) is 2.20. The molecule has 3 heteroatoms. The summed E-state index contributed by atoms with van der Waals surface area (Å²) >= 11 is 0. The molecular weight excluding hydrogens is 423 g/mol. The molecule has 0 saturated carbocycles. The van der Waals surface area contributed by atoms with E-state index < -0.39 is 0 Å². The van der Waals surface area contributed by atoms with Crippen LogP contribution in [0, 0.1) is 13.8 Å². The monoisotopic (exact) mass is 452 g/mol. The van der Waals surface area contributed by atoms with Crippen LogP contribution in [0.5, 0.6) is 0 Å².